The van der Waals surface area contributed by atoms with Gasteiger partial charge in [-0.2, -0.15) is 8.42 Å². The number of aliphatic hydroxyl groups is 3. The van der Waals surface area contributed by atoms with E-state index in [0.717, 1.165) is 64.2 Å². The summed E-state index contributed by atoms with van der Waals surface area (Å²) in [5.41, 5.74) is 0. The van der Waals surface area contributed by atoms with Gasteiger partial charge >= 0.3 is 11.9 Å². The van der Waals surface area contributed by atoms with Crippen molar-refractivity contribution < 1.29 is 56.8 Å². The van der Waals surface area contributed by atoms with E-state index >= 15 is 0 Å². The molecule has 1 heterocycles. The number of esters is 2. The van der Waals surface area contributed by atoms with Crippen molar-refractivity contribution in [3.8, 4) is 0 Å². The lowest BCUT2D eigenvalue weighted by Gasteiger charge is -2.40. The number of carbonyl (C=O) groups is 2. The number of carbonyl (C=O) groups excluding carboxylic acids is 2. The second-order valence-electron chi connectivity index (χ2n) is 18.2. The molecule has 0 bridgehead atoms. The lowest BCUT2D eigenvalue weighted by molar-refractivity contribution is -0.297. The van der Waals surface area contributed by atoms with E-state index in [9.17, 15) is 37.9 Å². The van der Waals surface area contributed by atoms with E-state index in [1.165, 1.54) is 109 Å². The molecule has 2 unspecified atom stereocenters. The van der Waals surface area contributed by atoms with Crippen molar-refractivity contribution in [2.24, 2.45) is 0 Å². The summed E-state index contributed by atoms with van der Waals surface area (Å²) in [4.78, 5) is 25.5. The molecule has 1 saturated heterocycles. The summed E-state index contributed by atoms with van der Waals surface area (Å²) in [6, 6.07) is 0. The highest BCUT2D eigenvalue weighted by Crippen LogP contribution is 2.24. The van der Waals surface area contributed by atoms with E-state index in [4.69, 9.17) is 18.9 Å². The van der Waals surface area contributed by atoms with Crippen molar-refractivity contribution in [1.82, 2.24) is 0 Å². The van der Waals surface area contributed by atoms with Crippen molar-refractivity contribution in [1.29, 1.82) is 0 Å². The Morgan fingerprint density at radius 2 is 0.939 bits per heavy atom. The van der Waals surface area contributed by atoms with Gasteiger partial charge in [-0.1, -0.05) is 178 Å². The lowest BCUT2D eigenvalue weighted by atomic mass is 10.00. The van der Waals surface area contributed by atoms with E-state index in [-0.39, 0.29) is 19.4 Å². The van der Waals surface area contributed by atoms with Crippen molar-refractivity contribution in [2.45, 2.75) is 256 Å². The Morgan fingerprint density at radius 3 is 1.47 bits per heavy atom. The zero-order chi connectivity index (χ0) is 48.4. The number of aliphatic hydroxyl groups excluding tert-OH is 3. The average Bonchev–Trinajstić information content (AvgIpc) is 3.28. The van der Waals surface area contributed by atoms with Gasteiger partial charge in [0.15, 0.2) is 12.4 Å². The molecule has 0 aromatic rings. The van der Waals surface area contributed by atoms with Gasteiger partial charge in [0.25, 0.3) is 10.1 Å². The van der Waals surface area contributed by atoms with Crippen LogP contribution in [0.3, 0.4) is 0 Å². The average molecular weight is 955 g/mol. The van der Waals surface area contributed by atoms with Crippen LogP contribution < -0.4 is 0 Å². The van der Waals surface area contributed by atoms with Crippen LogP contribution in [0.2, 0.25) is 0 Å². The van der Waals surface area contributed by atoms with Crippen molar-refractivity contribution >= 4 is 22.1 Å². The number of hydrogen-bond acceptors (Lipinski definition) is 11. The molecule has 4 N–H and O–H groups in total. The molecule has 0 spiro atoms. The van der Waals surface area contributed by atoms with Gasteiger partial charge in [0, 0.05) is 12.8 Å². The Morgan fingerprint density at radius 1 is 0.515 bits per heavy atom. The van der Waals surface area contributed by atoms with Crippen molar-refractivity contribution in [3.05, 3.63) is 48.6 Å². The summed E-state index contributed by atoms with van der Waals surface area (Å²) in [6.07, 6.45) is 43.1. The van der Waals surface area contributed by atoms with Gasteiger partial charge < -0.3 is 34.3 Å². The van der Waals surface area contributed by atoms with E-state index < -0.39 is 71.2 Å². The molecule has 12 nitrogen and oxygen atoms in total. The third kappa shape index (κ3) is 36.6. The van der Waals surface area contributed by atoms with Crippen LogP contribution in [0.4, 0.5) is 0 Å². The maximum atomic E-state index is 12.9. The van der Waals surface area contributed by atoms with Crippen LogP contribution in [0.25, 0.3) is 0 Å². The first-order valence-corrected chi connectivity index (χ1v) is 27.8. The molecule has 0 aromatic heterocycles. The molecule has 0 aromatic carbocycles. The van der Waals surface area contributed by atoms with Crippen LogP contribution in [0.15, 0.2) is 48.6 Å². The molecule has 1 aliphatic rings. The SMILES string of the molecule is CCCCC/C=C/C/C=C/CCCCCCCC(=O)OC[C@H](CO[C@H]1O[C@H](CS(=O)(=O)O)[C@@H](O)C(O)C1O)OC(=O)CCC/C=C/CC/C=C/CCCCCCCCCCCCCCCC. The first kappa shape index (κ1) is 61.6. The first-order chi connectivity index (χ1) is 32.0. The van der Waals surface area contributed by atoms with Gasteiger partial charge in [-0.3, -0.25) is 14.1 Å². The third-order valence-electron chi connectivity index (χ3n) is 11.9. The van der Waals surface area contributed by atoms with Crippen LogP contribution in [0.1, 0.15) is 219 Å². The highest BCUT2D eigenvalue weighted by molar-refractivity contribution is 7.85. The topological polar surface area (TPSA) is 186 Å². The highest BCUT2D eigenvalue weighted by atomic mass is 32.2. The standard InChI is InChI=1S/C53H94O12S/c1-3-5-7-9-11-13-15-17-19-20-21-22-23-24-25-26-28-30-32-34-36-38-40-42-49(55)64-46(44-63-53-52(58)51(57)50(56)47(65-53)45-66(59,60)61)43-62-48(54)41-39-37-35-33-31-29-27-18-16-14-12-10-8-6-4-2/h12,14,18,26-28,34,36,46-47,50-53,56-58H,3-11,13,15-17,19-25,29-33,35,37-45H2,1-2H3,(H,59,60,61)/b14-12+,27-18+,28-26+,36-34+/t46-,47-,50-,51?,52?,53+/m1/s1. The first-order valence-electron chi connectivity index (χ1n) is 26.2. The highest BCUT2D eigenvalue weighted by Gasteiger charge is 2.46. The quantitative estimate of drug-likeness (QED) is 0.0196. The Labute approximate surface area is 401 Å². The van der Waals surface area contributed by atoms with Gasteiger partial charge in [0.05, 0.1) is 6.61 Å². The van der Waals surface area contributed by atoms with Crippen LogP contribution in [0, 0.1) is 0 Å². The Kier molecular flexibility index (Phi) is 39.9. The molecular formula is C53H94O12S. The molecule has 0 radical (unpaired) electrons. The fourth-order valence-electron chi connectivity index (χ4n) is 7.79. The minimum atomic E-state index is -4.61. The smallest absolute Gasteiger partial charge is 0.306 e. The number of rotatable bonds is 44. The van der Waals surface area contributed by atoms with Crippen LogP contribution in [-0.4, -0.2) is 96.0 Å². The number of allylic oxidation sites excluding steroid dienone is 8. The fraction of sp³-hybridized carbons (Fsp3) is 0.811. The maximum Gasteiger partial charge on any atom is 0.306 e. The Balaban J connectivity index is 2.39. The minimum Gasteiger partial charge on any atom is -0.462 e. The van der Waals surface area contributed by atoms with E-state index in [2.05, 4.69) is 62.5 Å². The number of unbranched alkanes of at least 4 members (excludes halogenated alkanes) is 24. The van der Waals surface area contributed by atoms with Gasteiger partial charge in [0.1, 0.15) is 36.8 Å². The molecule has 6 atom stereocenters. The van der Waals surface area contributed by atoms with Crippen molar-refractivity contribution in [3.63, 3.8) is 0 Å². The van der Waals surface area contributed by atoms with Crippen molar-refractivity contribution in [2.75, 3.05) is 19.0 Å². The lowest BCUT2D eigenvalue weighted by Crippen LogP contribution is -2.60. The van der Waals surface area contributed by atoms with Crippen LogP contribution >= 0.6 is 0 Å². The Hall–Kier alpha value is -2.39. The molecule has 66 heavy (non-hydrogen) atoms. The second kappa shape index (κ2) is 42.7. The molecule has 0 amide bonds. The monoisotopic (exact) mass is 955 g/mol. The molecule has 384 valence electrons. The predicted octanol–water partition coefficient (Wildman–Crippen LogP) is 11.9. The van der Waals surface area contributed by atoms with Crippen LogP contribution in [0.5, 0.6) is 0 Å². The van der Waals surface area contributed by atoms with Crippen LogP contribution in [-0.2, 0) is 38.7 Å². The van der Waals surface area contributed by atoms with Gasteiger partial charge in [-0.15, -0.1) is 0 Å². The van der Waals surface area contributed by atoms with E-state index in [0.29, 0.717) is 19.3 Å². The molecule has 1 rings (SSSR count). The third-order valence-corrected chi connectivity index (χ3v) is 12.6. The summed E-state index contributed by atoms with van der Waals surface area (Å²) >= 11 is 0. The largest absolute Gasteiger partial charge is 0.462 e. The Bertz CT molecular complexity index is 1400. The zero-order valence-electron chi connectivity index (χ0n) is 41.3. The summed E-state index contributed by atoms with van der Waals surface area (Å²) in [6.45, 7) is 3.72. The minimum absolute atomic E-state index is 0.101. The number of hydrogen-bond donors (Lipinski definition) is 4. The van der Waals surface area contributed by atoms with Gasteiger partial charge in [-0.25, -0.2) is 0 Å². The fourth-order valence-corrected chi connectivity index (χ4v) is 8.48. The molecule has 13 heteroatoms. The summed E-state index contributed by atoms with van der Waals surface area (Å²) < 4.78 is 54.2. The maximum absolute atomic E-state index is 12.9. The molecule has 0 aliphatic carbocycles. The van der Waals surface area contributed by atoms with Gasteiger partial charge in [0.2, 0.25) is 0 Å². The summed E-state index contributed by atoms with van der Waals surface area (Å²) in [5.74, 6) is -2.05. The predicted molar refractivity (Wildman–Crippen MR) is 266 cm³/mol. The van der Waals surface area contributed by atoms with E-state index in [1.54, 1.807) is 0 Å². The van der Waals surface area contributed by atoms with E-state index in [1.807, 2.05) is 0 Å². The second-order valence-corrected chi connectivity index (χ2v) is 19.7. The molecule has 1 fully saturated rings. The summed E-state index contributed by atoms with van der Waals surface area (Å²) in [7, 11) is -4.61. The summed E-state index contributed by atoms with van der Waals surface area (Å²) in [5, 5.41) is 31.0. The van der Waals surface area contributed by atoms with Gasteiger partial charge in [-0.05, 0) is 77.0 Å². The number of ether oxygens (including phenoxy) is 4. The molecule has 0 saturated carbocycles. The zero-order valence-corrected chi connectivity index (χ0v) is 42.1. The normalized spacial score (nSPS) is 19.8. The molecule has 1 aliphatic heterocycles. The molecular weight excluding hydrogens is 861 g/mol.